The van der Waals surface area contributed by atoms with Crippen molar-refractivity contribution in [1.29, 1.82) is 0 Å². The van der Waals surface area contributed by atoms with Crippen molar-refractivity contribution in [2.24, 2.45) is 0 Å². The van der Waals surface area contributed by atoms with Gasteiger partial charge in [-0.2, -0.15) is 0 Å². The number of carbonyl (C=O) groups excluding carboxylic acids is 1. The van der Waals surface area contributed by atoms with Crippen molar-refractivity contribution in [3.8, 4) is 0 Å². The molecule has 0 bridgehead atoms. The van der Waals surface area contributed by atoms with E-state index in [0.717, 1.165) is 24.0 Å². The molecule has 1 aliphatic carbocycles. The Hall–Kier alpha value is -2.41. The van der Waals surface area contributed by atoms with Crippen LogP contribution >= 0.6 is 11.6 Å². The molecule has 2 aliphatic rings. The molecule has 1 fully saturated rings. The summed E-state index contributed by atoms with van der Waals surface area (Å²) in [6, 6.07) is 0. The van der Waals surface area contributed by atoms with Crippen molar-refractivity contribution < 1.29 is 14.5 Å². The normalized spacial score (nSPS) is 16.3. The molecule has 1 aliphatic heterocycles. The number of nitro groups is 1. The molecule has 8 heteroatoms. The van der Waals surface area contributed by atoms with E-state index in [9.17, 15) is 14.9 Å². The van der Waals surface area contributed by atoms with Crippen molar-refractivity contribution in [3.63, 3.8) is 0 Å². The van der Waals surface area contributed by atoms with Gasteiger partial charge in [0.25, 0.3) is 0 Å². The summed E-state index contributed by atoms with van der Waals surface area (Å²) >= 11 is 5.95. The summed E-state index contributed by atoms with van der Waals surface area (Å²) in [5.41, 5.74) is 2.15. The number of rotatable bonds is 4. The third-order valence-corrected chi connectivity index (χ3v) is 4.34. The molecule has 1 aromatic rings. The third-order valence-electron chi connectivity index (χ3n) is 4.06. The quantitative estimate of drug-likeness (QED) is 0.359. The van der Waals surface area contributed by atoms with Crippen LogP contribution in [0.25, 0.3) is 0 Å². The minimum atomic E-state index is -0.641. The highest BCUT2D eigenvalue weighted by Crippen LogP contribution is 2.41. The molecule has 0 N–H and O–H groups in total. The second kappa shape index (κ2) is 6.60. The number of hydrogen-bond acceptors (Lipinski definition) is 6. The molecule has 0 aromatic carbocycles. The molecule has 2 heterocycles. The Morgan fingerprint density at radius 2 is 2.00 bits per heavy atom. The molecule has 1 aromatic heterocycles. The van der Waals surface area contributed by atoms with E-state index in [1.807, 2.05) is 0 Å². The van der Waals surface area contributed by atoms with Crippen LogP contribution in [-0.4, -0.2) is 35.6 Å². The van der Waals surface area contributed by atoms with Crippen molar-refractivity contribution in [2.75, 3.05) is 24.6 Å². The predicted molar refractivity (Wildman–Crippen MR) is 89.5 cm³/mol. The number of carbonyl (C=O) groups is 1. The lowest BCUT2D eigenvalue weighted by atomic mass is 10.0. The second-order valence-electron chi connectivity index (χ2n) is 5.53. The lowest BCUT2D eigenvalue weighted by Crippen LogP contribution is -2.23. The van der Waals surface area contributed by atoms with Gasteiger partial charge in [0.15, 0.2) is 0 Å². The highest BCUT2D eigenvalue weighted by molar-refractivity contribution is 6.32. The first kappa shape index (κ1) is 16.4. The minimum absolute atomic E-state index is 0.0628. The van der Waals surface area contributed by atoms with Gasteiger partial charge in [0.05, 0.1) is 11.5 Å². The lowest BCUT2D eigenvalue weighted by molar-refractivity contribution is -0.384. The molecule has 0 saturated carbocycles. The summed E-state index contributed by atoms with van der Waals surface area (Å²) < 4.78 is 5.02. The van der Waals surface area contributed by atoms with E-state index in [0.29, 0.717) is 13.1 Å². The van der Waals surface area contributed by atoms with E-state index in [-0.39, 0.29) is 28.7 Å². The van der Waals surface area contributed by atoms with Gasteiger partial charge in [-0.3, -0.25) is 10.1 Å². The molecular weight excluding hydrogens is 334 g/mol. The number of nitrogens with zero attached hydrogens (tertiary/aromatic N) is 3. The van der Waals surface area contributed by atoms with E-state index in [2.05, 4.69) is 17.1 Å². The number of anilines is 1. The molecule has 0 unspecified atom stereocenters. The van der Waals surface area contributed by atoms with Gasteiger partial charge in [-0.15, -0.1) is 0 Å². The Morgan fingerprint density at radius 3 is 2.54 bits per heavy atom. The SMILES string of the molecule is CCOC(=O)c1cnc(Cl)c([N+](=O)[O-])c1N1CC2=CCCC=C2C1. The molecule has 7 nitrogen and oxygen atoms in total. The van der Waals surface area contributed by atoms with Crippen LogP contribution in [0.5, 0.6) is 0 Å². The summed E-state index contributed by atoms with van der Waals surface area (Å²) in [7, 11) is 0. The summed E-state index contributed by atoms with van der Waals surface area (Å²) in [5, 5.41) is 11.3. The van der Waals surface area contributed by atoms with Crippen LogP contribution < -0.4 is 4.90 Å². The minimum Gasteiger partial charge on any atom is -0.462 e. The lowest BCUT2D eigenvalue weighted by Gasteiger charge is -2.20. The molecule has 3 rings (SSSR count). The average molecular weight is 350 g/mol. The zero-order valence-electron chi connectivity index (χ0n) is 13.1. The number of allylic oxidation sites excluding steroid dienone is 2. The van der Waals surface area contributed by atoms with Gasteiger partial charge in [-0.25, -0.2) is 9.78 Å². The highest BCUT2D eigenvalue weighted by Gasteiger charge is 2.35. The first-order chi connectivity index (χ1) is 11.5. The Labute approximate surface area is 143 Å². The van der Waals surface area contributed by atoms with Crippen molar-refractivity contribution >= 4 is 28.9 Å². The first-order valence-electron chi connectivity index (χ1n) is 7.66. The fourth-order valence-electron chi connectivity index (χ4n) is 3.04. The summed E-state index contributed by atoms with van der Waals surface area (Å²) in [5.74, 6) is -0.641. The Bertz CT molecular complexity index is 751. The molecule has 126 valence electrons. The van der Waals surface area contributed by atoms with Gasteiger partial charge in [0, 0.05) is 19.3 Å². The highest BCUT2D eigenvalue weighted by atomic mass is 35.5. The van der Waals surface area contributed by atoms with Crippen molar-refractivity contribution in [1.82, 2.24) is 4.98 Å². The van der Waals surface area contributed by atoms with Gasteiger partial charge in [-0.05, 0) is 30.9 Å². The number of pyridine rings is 1. The predicted octanol–water partition coefficient (Wildman–Crippen LogP) is 3.29. The van der Waals surface area contributed by atoms with Crippen LogP contribution in [0.1, 0.15) is 30.1 Å². The number of halogens is 1. The zero-order chi connectivity index (χ0) is 17.3. The zero-order valence-corrected chi connectivity index (χ0v) is 13.9. The molecule has 0 amide bonds. The number of hydrogen-bond donors (Lipinski definition) is 0. The molecule has 24 heavy (non-hydrogen) atoms. The molecule has 0 spiro atoms. The number of esters is 1. The molecular formula is C16H16ClN3O4. The maximum atomic E-state index is 12.2. The summed E-state index contributed by atoms with van der Waals surface area (Å²) in [6.45, 7) is 2.85. The van der Waals surface area contributed by atoms with E-state index >= 15 is 0 Å². The van der Waals surface area contributed by atoms with Gasteiger partial charge in [0.2, 0.25) is 5.15 Å². The van der Waals surface area contributed by atoms with Crippen LogP contribution in [-0.2, 0) is 4.74 Å². The largest absolute Gasteiger partial charge is 0.462 e. The van der Waals surface area contributed by atoms with Crippen LogP contribution in [0.4, 0.5) is 11.4 Å². The van der Waals surface area contributed by atoms with Gasteiger partial charge in [-0.1, -0.05) is 23.8 Å². The fourth-order valence-corrected chi connectivity index (χ4v) is 3.25. The number of ether oxygens (including phenoxy) is 1. The maximum Gasteiger partial charge on any atom is 0.342 e. The Balaban J connectivity index is 2.12. The molecule has 1 saturated heterocycles. The van der Waals surface area contributed by atoms with E-state index < -0.39 is 10.9 Å². The fraction of sp³-hybridized carbons (Fsp3) is 0.375. The van der Waals surface area contributed by atoms with Crippen LogP contribution in [0.15, 0.2) is 29.5 Å². The number of aromatic nitrogens is 1. The topological polar surface area (TPSA) is 85.6 Å². The van der Waals surface area contributed by atoms with Crippen LogP contribution in [0.2, 0.25) is 5.15 Å². The van der Waals surface area contributed by atoms with Crippen molar-refractivity contribution in [3.05, 3.63) is 50.3 Å². The summed E-state index contributed by atoms with van der Waals surface area (Å²) in [6.07, 6.45) is 7.42. The third kappa shape index (κ3) is 2.87. The Morgan fingerprint density at radius 1 is 1.38 bits per heavy atom. The molecule has 0 radical (unpaired) electrons. The van der Waals surface area contributed by atoms with E-state index in [1.54, 1.807) is 11.8 Å². The Kier molecular flexibility index (Phi) is 4.53. The van der Waals surface area contributed by atoms with E-state index in [4.69, 9.17) is 16.3 Å². The van der Waals surface area contributed by atoms with E-state index in [1.165, 1.54) is 6.20 Å². The second-order valence-corrected chi connectivity index (χ2v) is 5.89. The standard InChI is InChI=1S/C16H16ClN3O4/c1-2-24-16(21)12-7-18-15(17)14(20(22)23)13(12)19-8-10-5-3-4-6-11(10)9-19/h5-7H,2-4,8-9H2,1H3. The number of fused-ring (bicyclic) bond motifs is 1. The monoisotopic (exact) mass is 349 g/mol. The van der Waals surface area contributed by atoms with Gasteiger partial charge < -0.3 is 9.64 Å². The smallest absolute Gasteiger partial charge is 0.342 e. The average Bonchev–Trinajstić information content (AvgIpc) is 2.98. The first-order valence-corrected chi connectivity index (χ1v) is 8.04. The summed E-state index contributed by atoms with van der Waals surface area (Å²) in [4.78, 5) is 28.7. The van der Waals surface area contributed by atoms with Crippen molar-refractivity contribution in [2.45, 2.75) is 19.8 Å². The maximum absolute atomic E-state index is 12.2. The molecule has 0 atom stereocenters. The van der Waals surface area contributed by atoms with Crippen LogP contribution in [0.3, 0.4) is 0 Å². The van der Waals surface area contributed by atoms with Gasteiger partial charge in [0.1, 0.15) is 11.3 Å². The van der Waals surface area contributed by atoms with Gasteiger partial charge >= 0.3 is 11.7 Å². The van der Waals surface area contributed by atoms with Crippen LogP contribution in [0, 0.1) is 10.1 Å².